The number of benzene rings is 1. The van der Waals surface area contributed by atoms with Gasteiger partial charge in [-0.05, 0) is 25.3 Å². The standard InChI is InChI=1S/C25H27F3N4O6S2/c1-15(40-39-2)37-18-12-20(38-19(18)14-33)32-13-17(10-6-7-11-29-23(35)25(26,27)28)21(31-24(32)36)30-22(34)16-8-4-3-5-9-16/h3-5,8-9,13,15,18-20,33H,7,11-12,14H2,1-2H3,(H,29,35)(H,30,31,34,36)/t15-,18?,19-,20-/m1/s1. The molecule has 1 fully saturated rings. The first-order valence-electron chi connectivity index (χ1n) is 12.0. The van der Waals surface area contributed by atoms with E-state index in [1.807, 2.05) is 13.2 Å². The summed E-state index contributed by atoms with van der Waals surface area (Å²) in [6.45, 7) is 1.13. The van der Waals surface area contributed by atoms with Crippen LogP contribution in [0.25, 0.3) is 0 Å². The van der Waals surface area contributed by atoms with Crippen molar-refractivity contribution in [3.63, 3.8) is 0 Å². The van der Waals surface area contributed by atoms with Gasteiger partial charge in [0.15, 0.2) is 5.82 Å². The third-order valence-corrected chi connectivity index (χ3v) is 7.47. The third kappa shape index (κ3) is 8.73. The largest absolute Gasteiger partial charge is 0.471 e. The highest BCUT2D eigenvalue weighted by atomic mass is 33.1. The van der Waals surface area contributed by atoms with Gasteiger partial charge in [0.05, 0.1) is 18.3 Å². The molecule has 0 radical (unpaired) electrons. The molecule has 2 amide bonds. The minimum Gasteiger partial charge on any atom is -0.394 e. The van der Waals surface area contributed by atoms with Gasteiger partial charge in [0.1, 0.15) is 17.8 Å². The Hall–Kier alpha value is -3.03. The van der Waals surface area contributed by atoms with Crippen LogP contribution >= 0.6 is 21.6 Å². The molecular weight excluding hydrogens is 573 g/mol. The van der Waals surface area contributed by atoms with Gasteiger partial charge < -0.3 is 25.2 Å². The summed E-state index contributed by atoms with van der Waals surface area (Å²) in [7, 11) is 3.00. The van der Waals surface area contributed by atoms with Crippen LogP contribution in [0.3, 0.4) is 0 Å². The van der Waals surface area contributed by atoms with Crippen molar-refractivity contribution in [2.45, 2.75) is 49.8 Å². The van der Waals surface area contributed by atoms with Gasteiger partial charge in [-0.25, -0.2) is 4.79 Å². The molecule has 1 aromatic carbocycles. The Morgan fingerprint density at radius 2 is 2.05 bits per heavy atom. The number of alkyl halides is 3. The molecule has 3 rings (SSSR count). The fraction of sp³-hybridized carbons (Fsp3) is 0.440. The highest BCUT2D eigenvalue weighted by molar-refractivity contribution is 8.76. The average molecular weight is 601 g/mol. The number of halogens is 3. The van der Waals surface area contributed by atoms with Crippen LogP contribution in [-0.2, 0) is 14.3 Å². The van der Waals surface area contributed by atoms with E-state index in [9.17, 15) is 32.7 Å². The Kier molecular flexibility index (Phi) is 11.5. The highest BCUT2D eigenvalue weighted by Crippen LogP contribution is 2.34. The molecule has 0 saturated carbocycles. The van der Waals surface area contributed by atoms with Crippen LogP contribution in [0, 0.1) is 11.8 Å². The lowest BCUT2D eigenvalue weighted by atomic mass is 10.2. The summed E-state index contributed by atoms with van der Waals surface area (Å²) < 4.78 is 50.1. The quantitative estimate of drug-likeness (QED) is 0.163. The molecule has 3 N–H and O–H groups in total. The Morgan fingerprint density at radius 1 is 1.32 bits per heavy atom. The molecule has 1 aromatic heterocycles. The van der Waals surface area contributed by atoms with Gasteiger partial charge in [-0.15, -0.1) is 0 Å². The lowest BCUT2D eigenvalue weighted by Crippen LogP contribution is -2.37. The van der Waals surface area contributed by atoms with Gasteiger partial charge in [-0.1, -0.05) is 51.6 Å². The average Bonchev–Trinajstić information content (AvgIpc) is 3.31. The molecule has 1 aliphatic rings. The SMILES string of the molecule is CSS[C@H](C)OC1C[C@H](n2cc(C#CCCNC(=O)C(F)(F)F)c(NC(=O)c3ccccc3)nc2=O)O[C@@H]1CO. The molecule has 2 heterocycles. The van der Waals surface area contributed by atoms with E-state index >= 15 is 0 Å². The maximum Gasteiger partial charge on any atom is 0.471 e. The van der Waals surface area contributed by atoms with E-state index < -0.39 is 42.1 Å². The Balaban J connectivity index is 1.86. The topological polar surface area (TPSA) is 132 Å². The molecule has 0 spiro atoms. The van der Waals surface area contributed by atoms with E-state index in [2.05, 4.69) is 22.1 Å². The molecule has 40 heavy (non-hydrogen) atoms. The van der Waals surface area contributed by atoms with Crippen LogP contribution in [0.4, 0.5) is 19.0 Å². The first-order valence-corrected chi connectivity index (χ1v) is 14.6. The second-order valence-electron chi connectivity index (χ2n) is 8.37. The maximum atomic E-state index is 13.0. The number of hydrogen-bond acceptors (Lipinski definition) is 9. The van der Waals surface area contributed by atoms with E-state index in [1.54, 1.807) is 35.6 Å². The summed E-state index contributed by atoms with van der Waals surface area (Å²) in [5.74, 6) is 2.52. The molecule has 1 unspecified atom stereocenters. The van der Waals surface area contributed by atoms with E-state index in [0.29, 0.717) is 5.56 Å². The highest BCUT2D eigenvalue weighted by Gasteiger charge is 2.39. The monoisotopic (exact) mass is 600 g/mol. The summed E-state index contributed by atoms with van der Waals surface area (Å²) in [5.41, 5.74) is -0.587. The van der Waals surface area contributed by atoms with Crippen molar-refractivity contribution in [1.82, 2.24) is 14.9 Å². The predicted molar refractivity (Wildman–Crippen MR) is 145 cm³/mol. The number of carbonyl (C=O) groups is 2. The van der Waals surface area contributed by atoms with Crippen molar-refractivity contribution < 1.29 is 37.3 Å². The molecule has 0 aliphatic carbocycles. The van der Waals surface area contributed by atoms with Gasteiger partial charge in [-0.2, -0.15) is 18.2 Å². The predicted octanol–water partition coefficient (Wildman–Crippen LogP) is 2.94. The molecule has 2 aromatic rings. The number of nitrogens with one attached hydrogen (secondary N) is 2. The van der Waals surface area contributed by atoms with Crippen LogP contribution in [-0.4, -0.2) is 69.7 Å². The van der Waals surface area contributed by atoms with Gasteiger partial charge in [-0.3, -0.25) is 14.2 Å². The fourth-order valence-electron chi connectivity index (χ4n) is 3.71. The Labute approximate surface area is 235 Å². The molecular formula is C25H27F3N4O6S2. The molecule has 4 atom stereocenters. The lowest BCUT2D eigenvalue weighted by Gasteiger charge is -2.20. The number of anilines is 1. The van der Waals surface area contributed by atoms with E-state index in [-0.39, 0.29) is 42.8 Å². The van der Waals surface area contributed by atoms with Gasteiger partial charge in [0.2, 0.25) is 0 Å². The zero-order valence-electron chi connectivity index (χ0n) is 21.4. The number of amides is 2. The smallest absolute Gasteiger partial charge is 0.394 e. The first-order chi connectivity index (χ1) is 19.0. The summed E-state index contributed by atoms with van der Waals surface area (Å²) in [4.78, 5) is 40.7. The Morgan fingerprint density at radius 3 is 2.70 bits per heavy atom. The molecule has 1 aliphatic heterocycles. The van der Waals surface area contributed by atoms with E-state index in [1.165, 1.54) is 27.8 Å². The van der Waals surface area contributed by atoms with E-state index in [4.69, 9.17) is 9.47 Å². The van der Waals surface area contributed by atoms with Crippen LogP contribution < -0.4 is 16.3 Å². The number of hydrogen-bond donors (Lipinski definition) is 3. The minimum absolute atomic E-state index is 0.0888. The second-order valence-corrected chi connectivity index (χ2v) is 11.1. The van der Waals surface area contributed by atoms with Crippen LogP contribution in [0.2, 0.25) is 0 Å². The van der Waals surface area contributed by atoms with Gasteiger partial charge >= 0.3 is 17.8 Å². The minimum atomic E-state index is -5.01. The van der Waals surface area contributed by atoms with Crippen LogP contribution in [0.5, 0.6) is 0 Å². The van der Waals surface area contributed by atoms with Crippen molar-refractivity contribution >= 4 is 39.2 Å². The first kappa shape index (κ1) is 31.5. The van der Waals surface area contributed by atoms with Crippen LogP contribution in [0.1, 0.15) is 41.9 Å². The molecule has 1 saturated heterocycles. The third-order valence-electron chi connectivity index (χ3n) is 5.50. The van der Waals surface area contributed by atoms with Crippen molar-refractivity contribution in [3.8, 4) is 11.8 Å². The molecule has 15 heteroatoms. The number of aliphatic hydroxyl groups excluding tert-OH is 1. The molecule has 0 bridgehead atoms. The lowest BCUT2D eigenvalue weighted by molar-refractivity contribution is -0.173. The maximum absolute atomic E-state index is 13.0. The second kappa shape index (κ2) is 14.6. The zero-order chi connectivity index (χ0) is 29.3. The summed E-state index contributed by atoms with van der Waals surface area (Å²) in [6, 6.07) is 8.15. The van der Waals surface area contributed by atoms with Crippen molar-refractivity contribution in [1.29, 1.82) is 0 Å². The normalized spacial score (nSPS) is 19.4. The molecule has 10 nitrogen and oxygen atoms in total. The van der Waals surface area contributed by atoms with Crippen molar-refractivity contribution in [2.75, 3.05) is 24.7 Å². The number of aromatic nitrogens is 2. The molecule has 216 valence electrons. The summed E-state index contributed by atoms with van der Waals surface area (Å²) in [6.07, 6.45) is -3.80. The number of rotatable bonds is 10. The summed E-state index contributed by atoms with van der Waals surface area (Å²) >= 11 is 0. The van der Waals surface area contributed by atoms with Crippen molar-refractivity contribution in [3.05, 3.63) is 58.1 Å². The number of aliphatic hydroxyl groups is 1. The van der Waals surface area contributed by atoms with Gasteiger partial charge in [0, 0.05) is 31.1 Å². The van der Waals surface area contributed by atoms with E-state index in [0.717, 1.165) is 4.57 Å². The number of nitrogens with zero attached hydrogens (tertiary/aromatic N) is 2. The van der Waals surface area contributed by atoms with Crippen molar-refractivity contribution in [2.24, 2.45) is 0 Å². The Bertz CT molecular complexity index is 1300. The number of ether oxygens (including phenoxy) is 2. The summed E-state index contributed by atoms with van der Waals surface area (Å²) in [5, 5.41) is 14.0. The van der Waals surface area contributed by atoms with Crippen LogP contribution in [0.15, 0.2) is 41.3 Å². The number of carbonyl (C=O) groups excluding carboxylic acids is 2. The fourth-order valence-corrected chi connectivity index (χ4v) is 5.12. The zero-order valence-corrected chi connectivity index (χ0v) is 23.1. The van der Waals surface area contributed by atoms with Gasteiger partial charge in [0.25, 0.3) is 5.91 Å².